The zero-order chi connectivity index (χ0) is 12.4. The van der Waals surface area contributed by atoms with Gasteiger partial charge in [0.1, 0.15) is 0 Å². The van der Waals surface area contributed by atoms with Crippen molar-refractivity contribution in [1.82, 2.24) is 4.90 Å². The second-order valence-electron chi connectivity index (χ2n) is 4.72. The molecule has 0 radical (unpaired) electrons. The molecule has 0 aromatic heterocycles. The number of halogens is 2. The van der Waals surface area contributed by atoms with Crippen molar-refractivity contribution in [2.45, 2.75) is 18.9 Å². The lowest BCUT2D eigenvalue weighted by molar-refractivity contribution is 0.252. The van der Waals surface area contributed by atoms with Crippen molar-refractivity contribution < 1.29 is 4.39 Å². The van der Waals surface area contributed by atoms with Crippen molar-refractivity contribution in [1.29, 1.82) is 0 Å². The minimum Gasteiger partial charge on any atom is -0.369 e. The summed E-state index contributed by atoms with van der Waals surface area (Å²) in [5, 5.41) is 0. The van der Waals surface area contributed by atoms with Gasteiger partial charge in [0.25, 0.3) is 0 Å². The van der Waals surface area contributed by atoms with Gasteiger partial charge in [-0.3, -0.25) is 0 Å². The summed E-state index contributed by atoms with van der Waals surface area (Å²) in [5.74, 6) is -0.158. The van der Waals surface area contributed by atoms with E-state index in [1.165, 1.54) is 0 Å². The van der Waals surface area contributed by atoms with Crippen LogP contribution in [0.15, 0.2) is 22.7 Å². The van der Waals surface area contributed by atoms with E-state index in [1.54, 1.807) is 6.07 Å². The van der Waals surface area contributed by atoms with Crippen molar-refractivity contribution in [2.75, 3.05) is 32.1 Å². The minimum atomic E-state index is -0.158. The average molecular weight is 301 g/mol. The summed E-state index contributed by atoms with van der Waals surface area (Å²) in [6.07, 6.45) is 2.19. The molecule has 0 unspecified atom stereocenters. The van der Waals surface area contributed by atoms with Gasteiger partial charge in [0.15, 0.2) is 5.82 Å². The number of hydrogen-bond acceptors (Lipinski definition) is 2. The van der Waals surface area contributed by atoms with Crippen LogP contribution in [0, 0.1) is 5.82 Å². The number of rotatable bonds is 2. The topological polar surface area (TPSA) is 6.48 Å². The quantitative estimate of drug-likeness (QED) is 0.828. The number of anilines is 1. The summed E-state index contributed by atoms with van der Waals surface area (Å²) in [4.78, 5) is 4.40. The lowest BCUT2D eigenvalue weighted by Crippen LogP contribution is -2.42. The Hall–Kier alpha value is -0.610. The Labute approximate surface area is 111 Å². The smallest absolute Gasteiger partial charge is 0.160 e. The molecular weight excluding hydrogens is 283 g/mol. The second-order valence-corrected chi connectivity index (χ2v) is 5.57. The molecule has 94 valence electrons. The summed E-state index contributed by atoms with van der Waals surface area (Å²) < 4.78 is 14.5. The fourth-order valence-corrected chi connectivity index (χ4v) is 2.70. The van der Waals surface area contributed by atoms with Gasteiger partial charge >= 0.3 is 0 Å². The van der Waals surface area contributed by atoms with E-state index < -0.39 is 0 Å². The van der Waals surface area contributed by atoms with Gasteiger partial charge < -0.3 is 9.80 Å². The van der Waals surface area contributed by atoms with E-state index in [-0.39, 0.29) is 5.82 Å². The highest BCUT2D eigenvalue weighted by Gasteiger charge is 2.22. The van der Waals surface area contributed by atoms with Gasteiger partial charge in [0.2, 0.25) is 0 Å². The van der Waals surface area contributed by atoms with Gasteiger partial charge in [-0.1, -0.05) is 6.07 Å². The summed E-state index contributed by atoms with van der Waals surface area (Å²) in [6, 6.07) is 5.91. The molecule has 2 nitrogen and oxygen atoms in total. The molecule has 2 rings (SSSR count). The number of piperidine rings is 1. The van der Waals surface area contributed by atoms with Crippen LogP contribution < -0.4 is 4.90 Å². The minimum absolute atomic E-state index is 0.158. The normalized spacial score (nSPS) is 18.4. The Morgan fingerprint density at radius 1 is 1.35 bits per heavy atom. The first-order valence-electron chi connectivity index (χ1n) is 5.95. The van der Waals surface area contributed by atoms with Crippen LogP contribution in [0.25, 0.3) is 0 Å². The first kappa shape index (κ1) is 12.8. The highest BCUT2D eigenvalue weighted by atomic mass is 79.9. The molecule has 0 amide bonds. The zero-order valence-corrected chi connectivity index (χ0v) is 11.9. The zero-order valence-electron chi connectivity index (χ0n) is 10.3. The summed E-state index contributed by atoms with van der Waals surface area (Å²) in [7, 11) is 4.12. The fraction of sp³-hybridized carbons (Fsp3) is 0.538. The maximum atomic E-state index is 14.0. The molecular formula is C13H18BrFN2. The number of hydrogen-bond donors (Lipinski definition) is 0. The van der Waals surface area contributed by atoms with Crippen LogP contribution in [0.2, 0.25) is 0 Å². The maximum absolute atomic E-state index is 14.0. The van der Waals surface area contributed by atoms with Gasteiger partial charge in [0.05, 0.1) is 10.2 Å². The Bertz CT molecular complexity index is 389. The van der Waals surface area contributed by atoms with E-state index >= 15 is 0 Å². The molecule has 1 aromatic rings. The molecule has 1 fully saturated rings. The van der Waals surface area contributed by atoms with Crippen LogP contribution in [0.3, 0.4) is 0 Å². The van der Waals surface area contributed by atoms with E-state index in [1.807, 2.05) is 19.2 Å². The third kappa shape index (κ3) is 2.80. The van der Waals surface area contributed by atoms with E-state index in [2.05, 4.69) is 32.8 Å². The monoisotopic (exact) mass is 300 g/mol. The Balaban J connectivity index is 2.14. The molecule has 0 N–H and O–H groups in total. The Morgan fingerprint density at radius 2 is 2.00 bits per heavy atom. The Kier molecular flexibility index (Phi) is 4.05. The molecule has 1 saturated heterocycles. The largest absolute Gasteiger partial charge is 0.369 e. The highest BCUT2D eigenvalue weighted by molar-refractivity contribution is 9.10. The molecule has 17 heavy (non-hydrogen) atoms. The van der Waals surface area contributed by atoms with Gasteiger partial charge in [-0.05, 0) is 61.0 Å². The first-order valence-corrected chi connectivity index (χ1v) is 6.74. The number of benzene rings is 1. The molecule has 1 aliphatic rings. The van der Waals surface area contributed by atoms with Crippen LogP contribution in [0.1, 0.15) is 12.8 Å². The van der Waals surface area contributed by atoms with Crippen molar-refractivity contribution >= 4 is 21.6 Å². The predicted octanol–water partition coefficient (Wildman–Crippen LogP) is 3.12. The lowest BCUT2D eigenvalue weighted by atomic mass is 10.0. The van der Waals surface area contributed by atoms with E-state index in [0.29, 0.717) is 16.2 Å². The van der Waals surface area contributed by atoms with Gasteiger partial charge in [-0.2, -0.15) is 0 Å². The summed E-state index contributed by atoms with van der Waals surface area (Å²) in [6.45, 7) is 2.18. The molecule has 0 spiro atoms. The summed E-state index contributed by atoms with van der Waals surface area (Å²) >= 11 is 3.24. The molecule has 1 heterocycles. The number of nitrogens with zero attached hydrogens (tertiary/aromatic N) is 2. The maximum Gasteiger partial charge on any atom is 0.160 e. The van der Waals surface area contributed by atoms with Crippen LogP contribution in [-0.4, -0.2) is 38.1 Å². The predicted molar refractivity (Wildman–Crippen MR) is 73.0 cm³/mol. The average Bonchev–Trinajstić information content (AvgIpc) is 2.33. The van der Waals surface area contributed by atoms with Crippen LogP contribution in [-0.2, 0) is 0 Å². The first-order chi connectivity index (χ1) is 8.09. The van der Waals surface area contributed by atoms with E-state index in [9.17, 15) is 4.39 Å². The van der Waals surface area contributed by atoms with Crippen molar-refractivity contribution in [3.8, 4) is 0 Å². The molecule has 0 bridgehead atoms. The van der Waals surface area contributed by atoms with Crippen LogP contribution in [0.5, 0.6) is 0 Å². The van der Waals surface area contributed by atoms with E-state index in [0.717, 1.165) is 25.9 Å². The third-order valence-electron chi connectivity index (χ3n) is 3.55. The standard InChI is InChI=1S/C13H18BrFN2/c1-16-8-6-10(7-9-16)17(2)12-5-3-4-11(14)13(12)15/h3-5,10H,6-9H2,1-2H3. The van der Waals surface area contributed by atoms with Crippen molar-refractivity contribution in [2.24, 2.45) is 0 Å². The molecule has 0 atom stereocenters. The molecule has 1 aliphatic heterocycles. The second kappa shape index (κ2) is 5.36. The van der Waals surface area contributed by atoms with Gasteiger partial charge in [-0.25, -0.2) is 4.39 Å². The van der Waals surface area contributed by atoms with Crippen molar-refractivity contribution in [3.05, 3.63) is 28.5 Å². The summed E-state index contributed by atoms with van der Waals surface area (Å²) in [5.41, 5.74) is 0.689. The highest BCUT2D eigenvalue weighted by Crippen LogP contribution is 2.28. The number of likely N-dealkylation sites (tertiary alicyclic amines) is 1. The molecule has 4 heteroatoms. The molecule has 0 saturated carbocycles. The molecule has 1 aromatic carbocycles. The Morgan fingerprint density at radius 3 is 2.65 bits per heavy atom. The van der Waals surface area contributed by atoms with Gasteiger partial charge in [-0.15, -0.1) is 0 Å². The van der Waals surface area contributed by atoms with Crippen LogP contribution >= 0.6 is 15.9 Å². The SMILES string of the molecule is CN1CCC(N(C)c2cccc(Br)c2F)CC1. The van der Waals surface area contributed by atoms with Gasteiger partial charge in [0, 0.05) is 13.1 Å². The fourth-order valence-electron chi connectivity index (χ4n) is 2.34. The third-order valence-corrected chi connectivity index (χ3v) is 4.16. The molecule has 0 aliphatic carbocycles. The van der Waals surface area contributed by atoms with Crippen LogP contribution in [0.4, 0.5) is 10.1 Å². The lowest BCUT2D eigenvalue weighted by Gasteiger charge is -2.36. The van der Waals surface area contributed by atoms with Crippen molar-refractivity contribution in [3.63, 3.8) is 0 Å². The van der Waals surface area contributed by atoms with E-state index in [4.69, 9.17) is 0 Å².